The molecule has 4 heteroatoms. The molecule has 0 aliphatic carbocycles. The maximum Gasteiger partial charge on any atom is 0.312 e. The van der Waals surface area contributed by atoms with Gasteiger partial charge in [-0.15, -0.1) is 0 Å². The first-order valence-electron chi connectivity index (χ1n) is 2.19. The monoisotopic (exact) mass is 125 g/mol. The fraction of sp³-hybridized carbons (Fsp3) is 0.750. The number of rotatable bonds is 1. The van der Waals surface area contributed by atoms with Crippen molar-refractivity contribution in [3.63, 3.8) is 0 Å². The zero-order valence-electron chi connectivity index (χ0n) is 5.56. The van der Waals surface area contributed by atoms with E-state index in [1.807, 2.05) is 13.8 Å². The summed E-state index contributed by atoms with van der Waals surface area (Å²) >= 11 is 0. The zero-order valence-corrected chi connectivity index (χ0v) is 7.56. The Morgan fingerprint density at radius 1 is 1.62 bits per heavy atom. The van der Waals surface area contributed by atoms with Crippen LogP contribution in [0.15, 0.2) is 0 Å². The van der Waals surface area contributed by atoms with Gasteiger partial charge in [0.25, 0.3) is 0 Å². The van der Waals surface area contributed by atoms with Crippen LogP contribution in [-0.2, 0) is 0 Å². The summed E-state index contributed by atoms with van der Waals surface area (Å²) in [5.41, 5.74) is 4.74. The van der Waals surface area contributed by atoms with Gasteiger partial charge >= 0.3 is 6.03 Å². The summed E-state index contributed by atoms with van der Waals surface area (Å²) < 4.78 is 0. The second-order valence-electron chi connectivity index (χ2n) is 1.66. The van der Waals surface area contributed by atoms with Crippen molar-refractivity contribution in [3.8, 4) is 0 Å². The van der Waals surface area contributed by atoms with E-state index in [1.54, 1.807) is 0 Å². The van der Waals surface area contributed by atoms with Crippen LogP contribution in [-0.4, -0.2) is 41.6 Å². The van der Waals surface area contributed by atoms with Crippen LogP contribution in [0, 0.1) is 0 Å². The summed E-state index contributed by atoms with van der Waals surface area (Å²) in [4.78, 5) is 9.92. The van der Waals surface area contributed by atoms with Gasteiger partial charge in [-0.3, -0.25) is 0 Å². The molecular formula is C4H10N2NaO. The predicted octanol–water partition coefficient (Wildman–Crippen LogP) is -0.318. The molecule has 0 spiro atoms. The van der Waals surface area contributed by atoms with Crippen molar-refractivity contribution in [2.24, 2.45) is 5.73 Å². The molecule has 3 nitrogen and oxygen atoms in total. The van der Waals surface area contributed by atoms with Gasteiger partial charge in [0, 0.05) is 35.6 Å². The molecule has 1 radical (unpaired) electrons. The third-order valence-corrected chi connectivity index (χ3v) is 0.431. The van der Waals surface area contributed by atoms with Crippen LogP contribution >= 0.6 is 0 Å². The summed E-state index contributed by atoms with van der Waals surface area (Å²) in [5, 5.41) is 2.44. The smallest absolute Gasteiger partial charge is 0.312 e. The van der Waals surface area contributed by atoms with E-state index in [4.69, 9.17) is 5.73 Å². The molecule has 0 bridgehead atoms. The third kappa shape index (κ3) is 9.55. The van der Waals surface area contributed by atoms with Gasteiger partial charge in [0.05, 0.1) is 0 Å². The molecule has 0 aliphatic heterocycles. The summed E-state index contributed by atoms with van der Waals surface area (Å²) in [7, 11) is 0. The molecule has 43 valence electrons. The van der Waals surface area contributed by atoms with E-state index in [0.29, 0.717) is 0 Å². The Morgan fingerprint density at radius 3 is 2.00 bits per heavy atom. The van der Waals surface area contributed by atoms with Crippen molar-refractivity contribution in [2.75, 3.05) is 0 Å². The van der Waals surface area contributed by atoms with Gasteiger partial charge in [0.1, 0.15) is 0 Å². The first-order valence-corrected chi connectivity index (χ1v) is 2.19. The van der Waals surface area contributed by atoms with Gasteiger partial charge < -0.3 is 11.1 Å². The Labute approximate surface area is 71.3 Å². The summed E-state index contributed by atoms with van der Waals surface area (Å²) in [5.74, 6) is 0. The molecule has 0 heterocycles. The molecule has 3 N–H and O–H groups in total. The van der Waals surface area contributed by atoms with Crippen LogP contribution in [0.1, 0.15) is 13.8 Å². The van der Waals surface area contributed by atoms with Crippen LogP contribution in [0.5, 0.6) is 0 Å². The fourth-order valence-electron chi connectivity index (χ4n) is 0.285. The number of hydrogen-bond acceptors (Lipinski definition) is 1. The third-order valence-electron chi connectivity index (χ3n) is 0.431. The van der Waals surface area contributed by atoms with E-state index in [9.17, 15) is 4.79 Å². The molecular weight excluding hydrogens is 115 g/mol. The second kappa shape index (κ2) is 5.41. The Kier molecular flexibility index (Phi) is 7.52. The molecule has 0 aromatic carbocycles. The maximum absolute atomic E-state index is 9.92. The van der Waals surface area contributed by atoms with Crippen molar-refractivity contribution in [1.29, 1.82) is 0 Å². The molecule has 0 saturated heterocycles. The van der Waals surface area contributed by atoms with Crippen molar-refractivity contribution in [2.45, 2.75) is 19.9 Å². The molecule has 2 amide bonds. The topological polar surface area (TPSA) is 55.1 Å². The van der Waals surface area contributed by atoms with Gasteiger partial charge in [0.15, 0.2) is 0 Å². The Balaban J connectivity index is 0. The van der Waals surface area contributed by atoms with Gasteiger partial charge in [0.2, 0.25) is 0 Å². The SMILES string of the molecule is CC(C)NC(N)=O.[Na]. The molecule has 0 aliphatic rings. The number of urea groups is 1. The number of amides is 2. The molecule has 0 unspecified atom stereocenters. The first-order chi connectivity index (χ1) is 3.13. The molecule has 0 aromatic heterocycles. The van der Waals surface area contributed by atoms with E-state index >= 15 is 0 Å². The Hall–Kier alpha value is 0.270. The Morgan fingerprint density at radius 2 is 2.00 bits per heavy atom. The van der Waals surface area contributed by atoms with Gasteiger partial charge in [-0.2, -0.15) is 0 Å². The van der Waals surface area contributed by atoms with E-state index in [0.717, 1.165) is 0 Å². The summed E-state index contributed by atoms with van der Waals surface area (Å²) in [6, 6.07) is -0.312. The predicted molar refractivity (Wildman–Crippen MR) is 33.6 cm³/mol. The summed E-state index contributed by atoms with van der Waals surface area (Å²) in [6.45, 7) is 3.70. The minimum atomic E-state index is -0.463. The number of hydrogen-bond donors (Lipinski definition) is 2. The van der Waals surface area contributed by atoms with Crippen molar-refractivity contribution < 1.29 is 4.79 Å². The minimum absolute atomic E-state index is 0. The average molecular weight is 125 g/mol. The van der Waals surface area contributed by atoms with Gasteiger partial charge in [-0.25, -0.2) is 4.79 Å². The van der Waals surface area contributed by atoms with Crippen LogP contribution < -0.4 is 11.1 Å². The molecule has 0 aromatic rings. The molecule has 0 saturated carbocycles. The molecule has 0 rings (SSSR count). The van der Waals surface area contributed by atoms with Gasteiger partial charge in [-0.1, -0.05) is 0 Å². The van der Waals surface area contributed by atoms with E-state index in [-0.39, 0.29) is 35.6 Å². The van der Waals surface area contributed by atoms with Gasteiger partial charge in [-0.05, 0) is 13.8 Å². The number of carbonyl (C=O) groups is 1. The Bertz CT molecular complexity index is 74.4. The standard InChI is InChI=1S/C4H10N2O.Na/c1-3(2)6-4(5)7;/h3H,1-2H3,(H3,5,6,7);. The molecule has 8 heavy (non-hydrogen) atoms. The van der Waals surface area contributed by atoms with Crippen molar-refractivity contribution in [1.82, 2.24) is 5.32 Å². The molecule has 0 fully saturated rings. The number of carbonyl (C=O) groups excluding carboxylic acids is 1. The van der Waals surface area contributed by atoms with E-state index in [2.05, 4.69) is 5.32 Å². The second-order valence-corrected chi connectivity index (χ2v) is 1.66. The number of primary amides is 1. The van der Waals surface area contributed by atoms with Crippen molar-refractivity contribution in [3.05, 3.63) is 0 Å². The molecule has 0 atom stereocenters. The van der Waals surface area contributed by atoms with Crippen LogP contribution in [0.25, 0.3) is 0 Å². The number of nitrogens with two attached hydrogens (primary N) is 1. The quantitative estimate of drug-likeness (QED) is 0.464. The normalized spacial score (nSPS) is 7.88. The minimum Gasteiger partial charge on any atom is -0.352 e. The van der Waals surface area contributed by atoms with E-state index < -0.39 is 6.03 Å². The van der Waals surface area contributed by atoms with Crippen LogP contribution in [0.4, 0.5) is 4.79 Å². The first kappa shape index (κ1) is 11.1. The van der Waals surface area contributed by atoms with Crippen LogP contribution in [0.2, 0.25) is 0 Å². The number of nitrogens with one attached hydrogen (secondary N) is 1. The zero-order chi connectivity index (χ0) is 5.86. The van der Waals surface area contributed by atoms with Crippen molar-refractivity contribution >= 4 is 35.6 Å². The average Bonchev–Trinajstić information content (AvgIpc) is 1.27. The summed E-state index contributed by atoms with van der Waals surface area (Å²) in [6.07, 6.45) is 0. The maximum atomic E-state index is 9.92. The largest absolute Gasteiger partial charge is 0.352 e. The fourth-order valence-corrected chi connectivity index (χ4v) is 0.285. The van der Waals surface area contributed by atoms with Crippen LogP contribution in [0.3, 0.4) is 0 Å². The van der Waals surface area contributed by atoms with E-state index in [1.165, 1.54) is 0 Å².